The number of halogens is 1. The third-order valence-corrected chi connectivity index (χ3v) is 4.18. The largest absolute Gasteiger partial charge is 0.382 e. The highest BCUT2D eigenvalue weighted by atomic mass is 35.5. The number of rotatable bonds is 6. The lowest BCUT2D eigenvalue weighted by Crippen LogP contribution is -2.22. The monoisotopic (exact) mass is 324 g/mol. The summed E-state index contributed by atoms with van der Waals surface area (Å²) in [5.41, 5.74) is 6.65. The molecule has 0 unspecified atom stereocenters. The summed E-state index contributed by atoms with van der Waals surface area (Å²) in [6.07, 6.45) is 0.980. The third kappa shape index (κ3) is 4.09. The fourth-order valence-electron chi connectivity index (χ4n) is 1.70. The molecule has 1 amide bonds. The zero-order valence-electron chi connectivity index (χ0n) is 11.6. The lowest BCUT2D eigenvalue weighted by Gasteiger charge is -2.05. The first-order chi connectivity index (χ1) is 10.1. The molecule has 0 spiro atoms. The van der Waals surface area contributed by atoms with Crippen LogP contribution < -0.4 is 16.4 Å². The molecular weight excluding hydrogens is 308 g/mol. The number of carbonyl (C=O) groups excluding carboxylic acids is 1. The Hall–Kier alpha value is -1.79. The van der Waals surface area contributed by atoms with Gasteiger partial charge in [-0.15, -0.1) is 0 Å². The van der Waals surface area contributed by atoms with Crippen LogP contribution in [0.1, 0.15) is 28.6 Å². The smallest absolute Gasteiger partial charge is 0.265 e. The molecule has 2 rings (SSSR count). The maximum atomic E-state index is 12.1. The lowest BCUT2D eigenvalue weighted by atomic mass is 10.2. The van der Waals surface area contributed by atoms with Crippen molar-refractivity contribution in [2.45, 2.75) is 19.9 Å². The molecule has 5 nitrogen and oxygen atoms in total. The highest BCUT2D eigenvalue weighted by Crippen LogP contribution is 2.25. The quantitative estimate of drug-likeness (QED) is 0.762. The van der Waals surface area contributed by atoms with Gasteiger partial charge >= 0.3 is 0 Å². The molecular formula is C14H17ClN4OS. The van der Waals surface area contributed by atoms with E-state index in [1.807, 2.05) is 18.2 Å². The molecule has 1 heterocycles. The van der Waals surface area contributed by atoms with Crippen molar-refractivity contribution in [2.75, 3.05) is 17.6 Å². The predicted octanol–water partition coefficient (Wildman–Crippen LogP) is 3.13. The van der Waals surface area contributed by atoms with Crippen LogP contribution in [0.15, 0.2) is 24.3 Å². The van der Waals surface area contributed by atoms with Crippen LogP contribution in [0.2, 0.25) is 5.02 Å². The van der Waals surface area contributed by atoms with Gasteiger partial charge in [-0.25, -0.2) is 4.98 Å². The van der Waals surface area contributed by atoms with Gasteiger partial charge in [-0.1, -0.05) is 48.1 Å². The van der Waals surface area contributed by atoms with Crippen molar-refractivity contribution in [3.8, 4) is 0 Å². The first-order valence-corrected chi connectivity index (χ1v) is 7.83. The van der Waals surface area contributed by atoms with E-state index in [9.17, 15) is 4.79 Å². The number of nitrogens with zero attached hydrogens (tertiary/aromatic N) is 1. The minimum atomic E-state index is -0.241. The van der Waals surface area contributed by atoms with Crippen LogP contribution in [0.5, 0.6) is 0 Å². The minimum Gasteiger partial charge on any atom is -0.382 e. The molecule has 112 valence electrons. The Kier molecular flexibility index (Phi) is 5.41. The molecule has 0 saturated heterocycles. The fraction of sp³-hybridized carbons (Fsp3) is 0.286. The minimum absolute atomic E-state index is 0.241. The number of nitrogens with two attached hydrogens (primary N) is 1. The standard InChI is InChI=1S/C14H17ClN4OS/c1-2-7-17-14-19-12(16)11(21-14)13(20)18-8-9-5-3-4-6-10(9)15/h3-6H,2,7-8,16H2,1H3,(H,17,19)(H,18,20). The molecule has 0 aliphatic rings. The maximum absolute atomic E-state index is 12.1. The van der Waals surface area contributed by atoms with Gasteiger partial charge in [0.2, 0.25) is 0 Å². The Morgan fingerprint density at radius 2 is 2.19 bits per heavy atom. The second kappa shape index (κ2) is 7.28. The van der Waals surface area contributed by atoms with E-state index in [2.05, 4.69) is 22.5 Å². The predicted molar refractivity (Wildman–Crippen MR) is 87.9 cm³/mol. The molecule has 0 aliphatic heterocycles. The van der Waals surface area contributed by atoms with Crippen molar-refractivity contribution in [3.63, 3.8) is 0 Å². The van der Waals surface area contributed by atoms with E-state index in [-0.39, 0.29) is 11.7 Å². The number of amides is 1. The summed E-state index contributed by atoms with van der Waals surface area (Å²) in [7, 11) is 0. The van der Waals surface area contributed by atoms with Crippen molar-refractivity contribution in [3.05, 3.63) is 39.7 Å². The van der Waals surface area contributed by atoms with Crippen molar-refractivity contribution in [2.24, 2.45) is 0 Å². The van der Waals surface area contributed by atoms with Gasteiger partial charge in [-0.2, -0.15) is 0 Å². The number of thiazole rings is 1. The molecule has 7 heteroatoms. The van der Waals surface area contributed by atoms with E-state index in [0.29, 0.717) is 21.6 Å². The van der Waals surface area contributed by atoms with Crippen LogP contribution in [-0.2, 0) is 6.54 Å². The summed E-state index contributed by atoms with van der Waals surface area (Å²) in [6, 6.07) is 7.38. The van der Waals surface area contributed by atoms with Gasteiger partial charge in [0.25, 0.3) is 5.91 Å². The van der Waals surface area contributed by atoms with E-state index >= 15 is 0 Å². The molecule has 0 radical (unpaired) electrons. The van der Waals surface area contributed by atoms with Gasteiger partial charge < -0.3 is 16.4 Å². The van der Waals surface area contributed by atoms with Gasteiger partial charge in [0.1, 0.15) is 10.7 Å². The zero-order chi connectivity index (χ0) is 15.2. The topological polar surface area (TPSA) is 80.0 Å². The van der Waals surface area contributed by atoms with Crippen LogP contribution >= 0.6 is 22.9 Å². The van der Waals surface area contributed by atoms with E-state index in [1.165, 1.54) is 11.3 Å². The van der Waals surface area contributed by atoms with Gasteiger partial charge in [-0.05, 0) is 18.1 Å². The average molecular weight is 325 g/mol. The van der Waals surface area contributed by atoms with Crippen molar-refractivity contribution in [1.29, 1.82) is 0 Å². The van der Waals surface area contributed by atoms with Crippen LogP contribution in [0.3, 0.4) is 0 Å². The number of anilines is 2. The van der Waals surface area contributed by atoms with Crippen molar-refractivity contribution < 1.29 is 4.79 Å². The molecule has 2 aromatic rings. The van der Waals surface area contributed by atoms with Gasteiger partial charge in [0.05, 0.1) is 0 Å². The van der Waals surface area contributed by atoms with Crippen LogP contribution in [0.4, 0.5) is 10.9 Å². The number of aromatic nitrogens is 1. The molecule has 1 aromatic carbocycles. The van der Waals surface area contributed by atoms with E-state index in [1.54, 1.807) is 6.07 Å². The number of hydrogen-bond acceptors (Lipinski definition) is 5. The number of nitrogens with one attached hydrogen (secondary N) is 2. The molecule has 0 fully saturated rings. The number of carbonyl (C=O) groups is 1. The van der Waals surface area contributed by atoms with Gasteiger partial charge in [0.15, 0.2) is 5.13 Å². The lowest BCUT2D eigenvalue weighted by molar-refractivity contribution is 0.0955. The molecule has 0 aliphatic carbocycles. The van der Waals surface area contributed by atoms with Gasteiger partial charge in [-0.3, -0.25) is 4.79 Å². The number of benzene rings is 1. The Morgan fingerprint density at radius 3 is 2.90 bits per heavy atom. The van der Waals surface area contributed by atoms with E-state index in [0.717, 1.165) is 18.5 Å². The Labute approximate surface area is 132 Å². The average Bonchev–Trinajstić information content (AvgIpc) is 2.85. The number of nitrogen functional groups attached to an aromatic ring is 1. The Bertz CT molecular complexity index is 629. The molecule has 21 heavy (non-hydrogen) atoms. The second-order valence-electron chi connectivity index (χ2n) is 4.43. The second-order valence-corrected chi connectivity index (χ2v) is 5.84. The molecule has 0 atom stereocenters. The molecule has 4 N–H and O–H groups in total. The fourth-order valence-corrected chi connectivity index (χ4v) is 2.73. The van der Waals surface area contributed by atoms with Crippen LogP contribution in [0.25, 0.3) is 0 Å². The van der Waals surface area contributed by atoms with Crippen LogP contribution in [-0.4, -0.2) is 17.4 Å². The number of hydrogen-bond donors (Lipinski definition) is 3. The maximum Gasteiger partial charge on any atom is 0.265 e. The summed E-state index contributed by atoms with van der Waals surface area (Å²) < 4.78 is 0. The molecule has 1 aromatic heterocycles. The normalized spacial score (nSPS) is 10.4. The Balaban J connectivity index is 2.00. The SMILES string of the molecule is CCCNc1nc(N)c(C(=O)NCc2ccccc2Cl)s1. The van der Waals surface area contributed by atoms with Crippen molar-refractivity contribution in [1.82, 2.24) is 10.3 Å². The highest BCUT2D eigenvalue weighted by molar-refractivity contribution is 7.18. The highest BCUT2D eigenvalue weighted by Gasteiger charge is 2.16. The van der Waals surface area contributed by atoms with Crippen molar-refractivity contribution >= 4 is 39.8 Å². The van der Waals surface area contributed by atoms with Crippen LogP contribution in [0, 0.1) is 0 Å². The Morgan fingerprint density at radius 1 is 1.43 bits per heavy atom. The zero-order valence-corrected chi connectivity index (χ0v) is 13.2. The molecule has 0 saturated carbocycles. The summed E-state index contributed by atoms with van der Waals surface area (Å²) in [4.78, 5) is 16.7. The molecule has 0 bridgehead atoms. The summed E-state index contributed by atoms with van der Waals surface area (Å²) in [5, 5.41) is 7.21. The summed E-state index contributed by atoms with van der Waals surface area (Å²) in [6.45, 7) is 3.21. The van der Waals surface area contributed by atoms with Gasteiger partial charge in [0, 0.05) is 18.1 Å². The first kappa shape index (κ1) is 15.6. The first-order valence-electron chi connectivity index (χ1n) is 6.63. The van der Waals surface area contributed by atoms with E-state index in [4.69, 9.17) is 17.3 Å². The third-order valence-electron chi connectivity index (χ3n) is 2.78. The summed E-state index contributed by atoms with van der Waals surface area (Å²) in [5.74, 6) is 0.00438. The van der Waals surface area contributed by atoms with E-state index < -0.39 is 0 Å². The summed E-state index contributed by atoms with van der Waals surface area (Å²) >= 11 is 7.31.